The number of carbonyl (C=O) groups is 1. The summed E-state index contributed by atoms with van der Waals surface area (Å²) >= 11 is 0. The number of ketones is 1. The lowest BCUT2D eigenvalue weighted by Gasteiger charge is -2.46. The van der Waals surface area contributed by atoms with Gasteiger partial charge in [0.1, 0.15) is 17.7 Å². The van der Waals surface area contributed by atoms with Gasteiger partial charge in [-0.1, -0.05) is 78.9 Å². The van der Waals surface area contributed by atoms with Crippen LogP contribution in [0.5, 0.6) is 0 Å². The van der Waals surface area contributed by atoms with Crippen LogP contribution in [0.2, 0.25) is 0 Å². The Balaban J connectivity index is 0.000000613. The third-order valence-electron chi connectivity index (χ3n) is 10.6. The molecule has 0 aliphatic heterocycles. The normalized spacial score (nSPS) is 13.5. The molecule has 0 amide bonds. The second-order valence-electron chi connectivity index (χ2n) is 15.6. The number of aliphatic hydroxyl groups is 2. The topological polar surface area (TPSA) is 57.5 Å². The lowest BCUT2D eigenvalue weighted by molar-refractivity contribution is -0.144. The Labute approximate surface area is 397 Å². The lowest BCUT2D eigenvalue weighted by Crippen LogP contribution is -2.75. The Bertz CT molecular complexity index is 2270. The molecule has 5 rings (SSSR count). The number of hydrogen-bond donors (Lipinski definition) is 2. The summed E-state index contributed by atoms with van der Waals surface area (Å²) in [7, 11) is -0.205. The van der Waals surface area contributed by atoms with Crippen molar-refractivity contribution in [1.29, 1.82) is 0 Å². The molecule has 0 atom stereocenters. The number of benzene rings is 5. The predicted molar refractivity (Wildman–Crippen MR) is 217 cm³/mol. The maximum absolute atomic E-state index is 14.2. The van der Waals surface area contributed by atoms with Gasteiger partial charge in [-0.05, 0) is 24.3 Å². The van der Waals surface area contributed by atoms with Gasteiger partial charge >= 0.3 is 49.4 Å². The molecule has 29 heteroatoms. The van der Waals surface area contributed by atoms with Crippen molar-refractivity contribution >= 4 is 44.7 Å². The Morgan fingerprint density at radius 1 is 0.356 bits per heavy atom. The Kier molecular flexibility index (Phi) is 17.5. The number of aliphatic hydroxyl groups excluding tert-OH is 2. The second-order valence-corrected chi connectivity index (χ2v) is 18.0. The van der Waals surface area contributed by atoms with E-state index in [4.69, 9.17) is 10.2 Å². The van der Waals surface area contributed by atoms with Crippen LogP contribution in [0, 0.1) is 0 Å². The van der Waals surface area contributed by atoms with E-state index >= 15 is 0 Å². The summed E-state index contributed by atoms with van der Waals surface area (Å²) < 4.78 is 341. The minimum atomic E-state index is -6.13. The quantitative estimate of drug-likeness (QED) is 0.0600. The van der Waals surface area contributed by atoms with Crippen LogP contribution in [0.15, 0.2) is 103 Å². The molecule has 73 heavy (non-hydrogen) atoms. The standard InChI is InChI=1S/C32H12BF24.C12H17O3S/c34-25(35,36)13-1-14(26(37,38)39)6-21(5-13)33(22-7-15(27(40,41)42)2-16(8-22)28(43,44)45,23-9-17(29(46,47)48)3-18(10-23)30(49,50)51)24-11-19(31(52,53)54)4-20(12-24)32(55,56)57;13-6-8-16(9-7-14)10-12(15)11-4-2-1-3-5-11/h1-12H;1-5,13-14H,6-10H2/q-1;+1. The Hall–Kier alpha value is -5.58. The molecule has 0 saturated heterocycles. The van der Waals surface area contributed by atoms with E-state index in [1.165, 1.54) is 0 Å². The molecule has 0 unspecified atom stereocenters. The van der Waals surface area contributed by atoms with Crippen molar-refractivity contribution in [3.05, 3.63) is 153 Å². The molecule has 0 radical (unpaired) electrons. The first kappa shape index (κ1) is 60.0. The van der Waals surface area contributed by atoms with Gasteiger partial charge in [0.15, 0.2) is 5.75 Å². The van der Waals surface area contributed by atoms with Gasteiger partial charge in [0, 0.05) is 16.5 Å². The van der Waals surface area contributed by atoms with Gasteiger partial charge in [-0.15, -0.1) is 0 Å². The third kappa shape index (κ3) is 14.8. The molecule has 0 spiro atoms. The van der Waals surface area contributed by atoms with Gasteiger partial charge in [0.2, 0.25) is 5.78 Å². The monoisotopic (exact) mass is 1100 g/mol. The molecule has 0 heterocycles. The zero-order valence-electron chi connectivity index (χ0n) is 35.7. The highest BCUT2D eigenvalue weighted by molar-refractivity contribution is 7.97. The fourth-order valence-electron chi connectivity index (χ4n) is 7.47. The van der Waals surface area contributed by atoms with Gasteiger partial charge < -0.3 is 10.2 Å². The smallest absolute Gasteiger partial charge is 0.391 e. The number of alkyl halides is 24. The molecular formula is C44H29BF24O3S. The number of carbonyl (C=O) groups excluding carboxylic acids is 1. The van der Waals surface area contributed by atoms with Crippen LogP contribution in [0.1, 0.15) is 54.9 Å². The lowest BCUT2D eigenvalue weighted by atomic mass is 9.12. The first-order valence-corrected chi connectivity index (χ1v) is 21.6. The summed E-state index contributed by atoms with van der Waals surface area (Å²) in [5.74, 6) is 1.70. The fourth-order valence-corrected chi connectivity index (χ4v) is 9.01. The van der Waals surface area contributed by atoms with E-state index in [1.54, 1.807) is 12.1 Å². The van der Waals surface area contributed by atoms with Crippen molar-refractivity contribution in [1.82, 2.24) is 0 Å². The first-order chi connectivity index (χ1) is 33.0. The molecule has 5 aromatic carbocycles. The molecule has 2 N–H and O–H groups in total. The van der Waals surface area contributed by atoms with E-state index < -0.39 is 195 Å². The molecule has 400 valence electrons. The minimum absolute atomic E-state index is 0.0746. The van der Waals surface area contributed by atoms with Crippen molar-refractivity contribution in [2.24, 2.45) is 0 Å². The van der Waals surface area contributed by atoms with Crippen molar-refractivity contribution in [3.63, 3.8) is 0 Å². The van der Waals surface area contributed by atoms with E-state index in [9.17, 15) is 110 Å². The van der Waals surface area contributed by atoms with E-state index in [2.05, 4.69) is 0 Å². The van der Waals surface area contributed by atoms with E-state index in [-0.39, 0.29) is 29.9 Å². The van der Waals surface area contributed by atoms with E-state index in [1.807, 2.05) is 18.2 Å². The van der Waals surface area contributed by atoms with Crippen LogP contribution >= 0.6 is 0 Å². The van der Waals surface area contributed by atoms with Crippen molar-refractivity contribution in [2.75, 3.05) is 30.5 Å². The summed E-state index contributed by atoms with van der Waals surface area (Å²) in [5.41, 5.74) is -29.5. The Morgan fingerprint density at radius 3 is 0.740 bits per heavy atom. The van der Waals surface area contributed by atoms with Gasteiger partial charge in [-0.25, -0.2) is 0 Å². The van der Waals surface area contributed by atoms with E-state index in [0.29, 0.717) is 22.8 Å². The van der Waals surface area contributed by atoms with Gasteiger partial charge in [0.05, 0.1) is 57.7 Å². The Morgan fingerprint density at radius 2 is 0.562 bits per heavy atom. The molecular weight excluding hydrogens is 1080 g/mol. The highest BCUT2D eigenvalue weighted by atomic mass is 32.2. The van der Waals surface area contributed by atoms with Crippen LogP contribution in [0.4, 0.5) is 105 Å². The molecule has 0 aromatic heterocycles. The van der Waals surface area contributed by atoms with Crippen molar-refractivity contribution < 1.29 is 120 Å². The number of halogens is 24. The zero-order valence-corrected chi connectivity index (χ0v) is 36.5. The molecule has 0 saturated carbocycles. The summed E-state index contributed by atoms with van der Waals surface area (Å²) in [5, 5.41) is 17.7. The molecule has 0 fully saturated rings. The van der Waals surface area contributed by atoms with Crippen LogP contribution < -0.4 is 21.9 Å². The molecule has 5 aromatic rings. The van der Waals surface area contributed by atoms with Crippen molar-refractivity contribution in [3.8, 4) is 0 Å². The first-order valence-electron chi connectivity index (χ1n) is 19.8. The van der Waals surface area contributed by atoms with Gasteiger partial charge in [0.25, 0.3) is 0 Å². The summed E-state index contributed by atoms with van der Waals surface area (Å²) in [6.07, 6.45) is -54.8. The van der Waals surface area contributed by atoms with Gasteiger partial charge in [-0.3, -0.25) is 4.79 Å². The molecule has 0 aliphatic carbocycles. The number of Topliss-reactive ketones (excluding diaryl/α,β-unsaturated/α-hetero) is 1. The average molecular weight is 1100 g/mol. The van der Waals surface area contributed by atoms with Crippen molar-refractivity contribution in [2.45, 2.75) is 49.4 Å². The van der Waals surface area contributed by atoms with Gasteiger partial charge in [-0.2, -0.15) is 127 Å². The largest absolute Gasteiger partial charge is 0.416 e. The highest BCUT2D eigenvalue weighted by Gasteiger charge is 2.47. The maximum Gasteiger partial charge on any atom is 0.416 e. The average Bonchev–Trinajstić information content (AvgIpc) is 3.24. The van der Waals surface area contributed by atoms with Crippen LogP contribution in [0.25, 0.3) is 0 Å². The summed E-state index contributed by atoms with van der Waals surface area (Å²) in [6.45, 7) is 0.149. The second kappa shape index (κ2) is 21.3. The zero-order chi connectivity index (χ0) is 55.7. The summed E-state index contributed by atoms with van der Waals surface area (Å²) in [6, 6.07) is 0.323. The summed E-state index contributed by atoms with van der Waals surface area (Å²) in [4.78, 5) is 11.8. The van der Waals surface area contributed by atoms with E-state index in [0.717, 1.165) is 0 Å². The number of hydrogen-bond acceptors (Lipinski definition) is 3. The highest BCUT2D eigenvalue weighted by Crippen LogP contribution is 2.41. The number of rotatable bonds is 11. The SMILES string of the molecule is FC(F)(F)c1cc([B-](c2cc(C(F)(F)F)cc(C(F)(F)F)c2)(c2cc(C(F)(F)F)cc(C(F)(F)F)c2)c2cc(C(F)(F)F)cc(C(F)(F)F)c2)cc(C(F)(F)F)c1.O=C(C[S+](CCO)CCO)c1ccccc1. The third-order valence-corrected chi connectivity index (χ3v) is 12.8. The minimum Gasteiger partial charge on any atom is -0.391 e. The molecule has 0 bridgehead atoms. The van der Waals surface area contributed by atoms with Crippen LogP contribution in [-0.4, -0.2) is 52.6 Å². The predicted octanol–water partition coefficient (Wildman–Crippen LogP) is 11.7. The fraction of sp³-hybridized carbons (Fsp3) is 0.295. The van der Waals surface area contributed by atoms with Crippen LogP contribution in [0.3, 0.4) is 0 Å². The maximum atomic E-state index is 14.2. The molecule has 0 aliphatic rings. The molecule has 3 nitrogen and oxygen atoms in total. The van der Waals surface area contributed by atoms with Crippen LogP contribution in [-0.2, 0) is 60.3 Å².